The van der Waals surface area contributed by atoms with Gasteiger partial charge in [-0.2, -0.15) is 0 Å². The molecule has 22 heavy (non-hydrogen) atoms. The number of nitrogens with zero attached hydrogens (tertiary/aromatic N) is 2. The number of para-hydroxylation sites is 1. The van der Waals surface area contributed by atoms with Crippen LogP contribution in [-0.2, 0) is 4.79 Å². The molecule has 3 rings (SSSR count). The maximum atomic E-state index is 12.0. The van der Waals surface area contributed by atoms with Gasteiger partial charge in [0.05, 0.1) is 16.0 Å². The van der Waals surface area contributed by atoms with Crippen LogP contribution in [0.2, 0.25) is 0 Å². The van der Waals surface area contributed by atoms with Gasteiger partial charge in [-0.1, -0.05) is 23.9 Å². The Labute approximate surface area is 139 Å². The second-order valence-corrected chi connectivity index (χ2v) is 8.04. The van der Waals surface area contributed by atoms with Gasteiger partial charge in [0.1, 0.15) is 0 Å². The molecule has 1 aromatic carbocycles. The van der Waals surface area contributed by atoms with E-state index in [-0.39, 0.29) is 5.91 Å². The van der Waals surface area contributed by atoms with E-state index in [0.717, 1.165) is 29.5 Å². The fourth-order valence-electron chi connectivity index (χ4n) is 2.62. The van der Waals surface area contributed by atoms with Crippen molar-refractivity contribution in [1.82, 2.24) is 15.2 Å². The highest BCUT2D eigenvalue weighted by Crippen LogP contribution is 2.29. The Balaban J connectivity index is 1.42. The summed E-state index contributed by atoms with van der Waals surface area (Å²) in [5.74, 6) is 1.20. The van der Waals surface area contributed by atoms with Crippen molar-refractivity contribution in [3.05, 3.63) is 24.3 Å². The zero-order valence-electron chi connectivity index (χ0n) is 12.7. The SMILES string of the molecule is CN1CCC(CNC(=O)CSc2nc3ccccc3s2)CC1. The molecule has 6 heteroatoms. The minimum absolute atomic E-state index is 0.114. The van der Waals surface area contributed by atoms with Crippen molar-refractivity contribution in [2.24, 2.45) is 5.92 Å². The molecule has 1 aliphatic rings. The lowest BCUT2D eigenvalue weighted by Gasteiger charge is -2.28. The molecule has 0 unspecified atom stereocenters. The van der Waals surface area contributed by atoms with Crippen LogP contribution in [-0.4, -0.2) is 48.2 Å². The average molecular weight is 335 g/mol. The molecule has 1 amide bonds. The number of likely N-dealkylation sites (tertiary alicyclic amines) is 1. The summed E-state index contributed by atoms with van der Waals surface area (Å²) >= 11 is 3.18. The molecule has 0 saturated carbocycles. The van der Waals surface area contributed by atoms with E-state index in [9.17, 15) is 4.79 Å². The quantitative estimate of drug-likeness (QED) is 0.854. The average Bonchev–Trinajstić information content (AvgIpc) is 2.95. The summed E-state index contributed by atoms with van der Waals surface area (Å²) in [6, 6.07) is 8.08. The third-order valence-electron chi connectivity index (χ3n) is 4.03. The number of amides is 1. The first-order valence-electron chi connectivity index (χ1n) is 7.64. The van der Waals surface area contributed by atoms with Gasteiger partial charge in [0.15, 0.2) is 4.34 Å². The second-order valence-electron chi connectivity index (χ2n) is 5.79. The standard InChI is InChI=1S/C16H21N3OS2/c1-19-8-6-12(7-9-19)10-17-15(20)11-21-16-18-13-4-2-3-5-14(13)22-16/h2-5,12H,6-11H2,1H3,(H,17,20). The monoisotopic (exact) mass is 335 g/mol. The Morgan fingerprint density at radius 1 is 1.41 bits per heavy atom. The number of piperidine rings is 1. The maximum Gasteiger partial charge on any atom is 0.230 e. The highest BCUT2D eigenvalue weighted by molar-refractivity contribution is 8.01. The Bertz CT molecular complexity index is 602. The summed E-state index contributed by atoms with van der Waals surface area (Å²) in [6.45, 7) is 3.09. The van der Waals surface area contributed by atoms with Gasteiger partial charge in [0, 0.05) is 6.54 Å². The number of hydrogen-bond donors (Lipinski definition) is 1. The van der Waals surface area contributed by atoms with Crippen molar-refractivity contribution < 1.29 is 4.79 Å². The van der Waals surface area contributed by atoms with Crippen LogP contribution in [0.25, 0.3) is 10.2 Å². The molecule has 2 aromatic rings. The Morgan fingerprint density at radius 2 is 2.18 bits per heavy atom. The normalized spacial score (nSPS) is 17.0. The smallest absolute Gasteiger partial charge is 0.230 e. The molecule has 1 fully saturated rings. The van der Waals surface area contributed by atoms with E-state index in [1.807, 2.05) is 18.2 Å². The lowest BCUT2D eigenvalue weighted by Crippen LogP contribution is -2.37. The molecule has 1 aliphatic heterocycles. The number of hydrogen-bond acceptors (Lipinski definition) is 5. The summed E-state index contributed by atoms with van der Waals surface area (Å²) in [4.78, 5) is 18.9. The minimum atomic E-state index is 0.114. The molecule has 0 atom stereocenters. The summed E-state index contributed by atoms with van der Waals surface area (Å²) in [7, 11) is 2.16. The van der Waals surface area contributed by atoms with E-state index >= 15 is 0 Å². The molecule has 0 bridgehead atoms. The van der Waals surface area contributed by atoms with E-state index in [2.05, 4.69) is 28.3 Å². The van der Waals surface area contributed by atoms with Crippen molar-refractivity contribution in [3.63, 3.8) is 0 Å². The predicted octanol–water partition coefficient (Wildman–Crippen LogP) is 2.85. The van der Waals surface area contributed by atoms with Gasteiger partial charge in [-0.15, -0.1) is 11.3 Å². The van der Waals surface area contributed by atoms with Gasteiger partial charge in [0.25, 0.3) is 0 Å². The van der Waals surface area contributed by atoms with Crippen molar-refractivity contribution in [3.8, 4) is 0 Å². The first kappa shape index (κ1) is 15.8. The third-order valence-corrected chi connectivity index (χ3v) is 6.21. The molecule has 118 valence electrons. The predicted molar refractivity (Wildman–Crippen MR) is 93.6 cm³/mol. The highest BCUT2D eigenvalue weighted by Gasteiger charge is 2.17. The van der Waals surface area contributed by atoms with Crippen LogP contribution in [0.3, 0.4) is 0 Å². The van der Waals surface area contributed by atoms with Crippen LogP contribution in [0.4, 0.5) is 0 Å². The zero-order chi connectivity index (χ0) is 15.4. The number of benzene rings is 1. The first-order valence-corrected chi connectivity index (χ1v) is 9.44. The molecule has 1 aromatic heterocycles. The van der Waals surface area contributed by atoms with E-state index in [4.69, 9.17) is 0 Å². The van der Waals surface area contributed by atoms with Crippen LogP contribution in [0.1, 0.15) is 12.8 Å². The van der Waals surface area contributed by atoms with Crippen LogP contribution in [0.15, 0.2) is 28.6 Å². The topological polar surface area (TPSA) is 45.2 Å². The van der Waals surface area contributed by atoms with Gasteiger partial charge in [0.2, 0.25) is 5.91 Å². The number of fused-ring (bicyclic) bond motifs is 1. The van der Waals surface area contributed by atoms with Crippen LogP contribution in [0.5, 0.6) is 0 Å². The molecule has 0 aliphatic carbocycles. The van der Waals surface area contributed by atoms with Crippen molar-refractivity contribution in [1.29, 1.82) is 0 Å². The molecule has 1 saturated heterocycles. The number of nitrogens with one attached hydrogen (secondary N) is 1. The number of aromatic nitrogens is 1. The van der Waals surface area contributed by atoms with Gasteiger partial charge >= 0.3 is 0 Å². The minimum Gasteiger partial charge on any atom is -0.355 e. The number of carbonyl (C=O) groups is 1. The molecular weight excluding hydrogens is 314 g/mol. The number of thioether (sulfide) groups is 1. The Hall–Kier alpha value is -1.11. The van der Waals surface area contributed by atoms with E-state index < -0.39 is 0 Å². The summed E-state index contributed by atoms with van der Waals surface area (Å²) in [5, 5.41) is 3.07. The summed E-state index contributed by atoms with van der Waals surface area (Å²) < 4.78 is 2.15. The van der Waals surface area contributed by atoms with E-state index in [0.29, 0.717) is 11.7 Å². The van der Waals surface area contributed by atoms with Crippen LogP contribution in [0, 0.1) is 5.92 Å². The van der Waals surface area contributed by atoms with Crippen molar-refractivity contribution in [2.45, 2.75) is 17.2 Å². The zero-order valence-corrected chi connectivity index (χ0v) is 14.4. The lowest BCUT2D eigenvalue weighted by atomic mass is 9.97. The van der Waals surface area contributed by atoms with Gasteiger partial charge in [-0.3, -0.25) is 4.79 Å². The van der Waals surface area contributed by atoms with Crippen molar-refractivity contribution >= 4 is 39.2 Å². The fourth-order valence-corrected chi connectivity index (χ4v) is 4.51. The van der Waals surface area contributed by atoms with E-state index in [1.54, 1.807) is 11.3 Å². The van der Waals surface area contributed by atoms with Crippen molar-refractivity contribution in [2.75, 3.05) is 32.4 Å². The number of rotatable bonds is 5. The Morgan fingerprint density at radius 3 is 2.95 bits per heavy atom. The molecule has 1 N–H and O–H groups in total. The fraction of sp³-hybridized carbons (Fsp3) is 0.500. The largest absolute Gasteiger partial charge is 0.355 e. The number of thiazole rings is 1. The first-order chi connectivity index (χ1) is 10.7. The molecular formula is C16H21N3OS2. The third kappa shape index (κ3) is 4.21. The van der Waals surface area contributed by atoms with E-state index in [1.165, 1.54) is 29.3 Å². The summed E-state index contributed by atoms with van der Waals surface area (Å²) in [5.41, 5.74) is 1.02. The molecule has 0 spiro atoms. The highest BCUT2D eigenvalue weighted by atomic mass is 32.2. The summed E-state index contributed by atoms with van der Waals surface area (Å²) in [6.07, 6.45) is 2.36. The van der Waals surface area contributed by atoms with Gasteiger partial charge < -0.3 is 10.2 Å². The number of carbonyl (C=O) groups excluding carboxylic acids is 1. The molecule has 2 heterocycles. The molecule has 0 radical (unpaired) electrons. The van der Waals surface area contributed by atoms with Gasteiger partial charge in [-0.25, -0.2) is 4.98 Å². The van der Waals surface area contributed by atoms with Gasteiger partial charge in [-0.05, 0) is 51.0 Å². The Kier molecular flexibility index (Phi) is 5.33. The second kappa shape index (κ2) is 7.44. The molecule has 4 nitrogen and oxygen atoms in total. The lowest BCUT2D eigenvalue weighted by molar-refractivity contribution is -0.118. The van der Waals surface area contributed by atoms with Crippen LogP contribution < -0.4 is 5.32 Å². The maximum absolute atomic E-state index is 12.0. The van der Waals surface area contributed by atoms with Crippen LogP contribution >= 0.6 is 23.1 Å².